The van der Waals surface area contributed by atoms with Gasteiger partial charge in [0.2, 0.25) is 0 Å². The number of aryl methyl sites for hydroxylation is 4. The van der Waals surface area contributed by atoms with Crippen LogP contribution in [0.5, 0.6) is 0 Å². The van der Waals surface area contributed by atoms with Crippen LogP contribution < -0.4 is 0 Å². The van der Waals surface area contributed by atoms with E-state index < -0.39 is 0 Å². The summed E-state index contributed by atoms with van der Waals surface area (Å²) in [6.07, 6.45) is 22.1. The van der Waals surface area contributed by atoms with Gasteiger partial charge in [-0.1, -0.05) is 50.4 Å². The van der Waals surface area contributed by atoms with Gasteiger partial charge in [-0.15, -0.1) is 49.1 Å². The second-order valence-electron chi connectivity index (χ2n) is 9.67. The molecule has 10 heteroatoms. The number of hydrogen-bond acceptors (Lipinski definition) is 0. The summed E-state index contributed by atoms with van der Waals surface area (Å²) in [7, 11) is 0. The summed E-state index contributed by atoms with van der Waals surface area (Å²) in [5.41, 5.74) is 4.93. The van der Waals surface area contributed by atoms with Crippen LogP contribution in [0.2, 0.25) is 0 Å². The van der Waals surface area contributed by atoms with E-state index in [0.717, 1.165) is 51.9 Å². The minimum atomic E-state index is 0. The Kier molecular flexibility index (Phi) is 11.0. The third-order valence-corrected chi connectivity index (χ3v) is 6.52. The zero-order valence-corrected chi connectivity index (χ0v) is 27.1. The Balaban J connectivity index is 0.000000200. The van der Waals surface area contributed by atoms with E-state index in [-0.39, 0.29) is 44.8 Å². The molecule has 0 saturated heterocycles. The Morgan fingerprint density at radius 3 is 0.816 bits per heavy atom. The monoisotopic (exact) mass is 882 g/mol. The van der Waals surface area contributed by atoms with Gasteiger partial charge in [0.15, 0.2) is 0 Å². The van der Waals surface area contributed by atoms with E-state index in [2.05, 4.69) is 139 Å². The van der Waals surface area contributed by atoms with Crippen molar-refractivity contribution in [3.05, 3.63) is 74.4 Å². The number of hydrogen-bond donors (Lipinski definition) is 0. The number of rotatable bonds is 8. The summed E-state index contributed by atoms with van der Waals surface area (Å²) in [6.45, 7) is 13.1. The van der Waals surface area contributed by atoms with Crippen LogP contribution in [0.25, 0.3) is 22.7 Å². The maximum atomic E-state index is 2.25. The number of fused-ring (bicyclic) bond motifs is 6. The molecular weight excluding hydrogens is 842 g/mol. The van der Waals surface area contributed by atoms with Crippen LogP contribution in [0.15, 0.2) is 74.4 Å². The van der Waals surface area contributed by atoms with Crippen LogP contribution in [0.3, 0.4) is 0 Å². The molecule has 218 valence electrons. The van der Waals surface area contributed by atoms with Crippen molar-refractivity contribution in [1.29, 1.82) is 0 Å². The molecule has 6 heterocycles. The maximum Gasteiger partial charge on any atom is 0 e. The van der Waals surface area contributed by atoms with Gasteiger partial charge in [-0.25, -0.2) is 0 Å². The van der Waals surface area contributed by atoms with E-state index in [0.29, 0.717) is 0 Å². The van der Waals surface area contributed by atoms with Crippen molar-refractivity contribution < 1.29 is 44.8 Å². The molecule has 6 aliphatic heterocycles. The molecule has 6 rings (SSSR count). The summed E-state index contributed by atoms with van der Waals surface area (Å²) in [4.78, 5) is 0. The molecule has 0 spiro atoms. The van der Waals surface area contributed by atoms with Gasteiger partial charge in [0.1, 0.15) is 0 Å². The quantitative estimate of drug-likeness (QED) is 0.128. The van der Waals surface area contributed by atoms with Gasteiger partial charge in [0.25, 0.3) is 0 Å². The van der Waals surface area contributed by atoms with Crippen LogP contribution in [-0.4, -0.2) is 37.0 Å². The molecule has 2 radical (unpaired) electrons. The summed E-state index contributed by atoms with van der Waals surface area (Å²) in [5.74, 6) is 0. The number of imidazole rings is 4. The molecule has 6 aliphatic rings. The van der Waals surface area contributed by atoms with Crippen LogP contribution in [0.4, 0.5) is 0 Å². The van der Waals surface area contributed by atoms with E-state index in [4.69, 9.17) is 0 Å². The first-order valence-corrected chi connectivity index (χ1v) is 13.5. The van der Waals surface area contributed by atoms with Crippen LogP contribution in [0.1, 0.15) is 53.4 Å². The first-order valence-electron chi connectivity index (χ1n) is 13.5. The van der Waals surface area contributed by atoms with Gasteiger partial charge >= 0.3 is 0 Å². The molecule has 0 N–H and O–H groups in total. The van der Waals surface area contributed by atoms with Gasteiger partial charge in [0.05, 0.1) is 0 Å². The Bertz CT molecular complexity index is 1200. The van der Waals surface area contributed by atoms with Gasteiger partial charge in [-0.2, -0.15) is 0 Å². The summed E-state index contributed by atoms with van der Waals surface area (Å²) in [6, 6.07) is 8.71. The first-order chi connectivity index (χ1) is 17.6. The van der Waals surface area contributed by atoms with Crippen molar-refractivity contribution >= 4 is 0 Å². The minimum Gasteiger partial charge on any atom is -0.452 e. The summed E-state index contributed by atoms with van der Waals surface area (Å²) >= 11 is 0. The third kappa shape index (κ3) is 6.33. The standard InChI is InChI=1S/2C14H20N4.2Au/c2*1-3-7-15-9-13-5-6-14-10-16(8-4-2)12-18(14)17(13)11-15;;/h2*5-6,9-12H,3-4,7-8H2,1-2H3;;/q2*-2;;. The second-order valence-corrected chi connectivity index (χ2v) is 9.67. The van der Waals surface area contributed by atoms with E-state index in [1.807, 2.05) is 0 Å². The topological polar surface area (TPSA) is 39.4 Å². The SMILES string of the molecule is CCCn1cc2ccc3cn(CCC)[cH-]n-3n-2[cH-]1.CCCn1cc2ccc3cn(CCC)[cH-]n-3n-2[cH-]1.[Au].[Au]. The van der Waals surface area contributed by atoms with Crippen molar-refractivity contribution in [2.45, 2.75) is 79.6 Å². The minimum absolute atomic E-state index is 0. The summed E-state index contributed by atoms with van der Waals surface area (Å²) < 4.78 is 17.8. The Labute approximate surface area is 257 Å². The average molecular weight is 883 g/mol. The molecule has 0 atom stereocenters. The molecule has 8 nitrogen and oxygen atoms in total. The fourth-order valence-electron chi connectivity index (χ4n) is 4.94. The normalized spacial score (nSPS) is 11.1. The van der Waals surface area contributed by atoms with E-state index in [1.165, 1.54) is 22.7 Å². The average Bonchev–Trinajstić information content (AvgIpc) is 3.63. The third-order valence-electron chi connectivity index (χ3n) is 6.52. The maximum absolute atomic E-state index is 2.25. The largest absolute Gasteiger partial charge is 0.452 e. The van der Waals surface area contributed by atoms with Crippen molar-refractivity contribution in [2.75, 3.05) is 0 Å². The van der Waals surface area contributed by atoms with Crippen molar-refractivity contribution in [2.24, 2.45) is 0 Å². The molecule has 0 aromatic carbocycles. The summed E-state index contributed by atoms with van der Waals surface area (Å²) in [5, 5.41) is 0. The Morgan fingerprint density at radius 2 is 0.632 bits per heavy atom. The van der Waals surface area contributed by atoms with Crippen molar-refractivity contribution in [1.82, 2.24) is 37.0 Å². The smallest absolute Gasteiger partial charge is 0 e. The molecule has 0 aromatic heterocycles. The first kappa shape index (κ1) is 30.3. The Hall–Kier alpha value is -2.20. The fourth-order valence-corrected chi connectivity index (χ4v) is 4.94. The van der Waals surface area contributed by atoms with Gasteiger partial charge in [-0.3, -0.25) is 0 Å². The van der Waals surface area contributed by atoms with Crippen molar-refractivity contribution in [3.63, 3.8) is 0 Å². The van der Waals surface area contributed by atoms with E-state index >= 15 is 0 Å². The predicted molar refractivity (Wildman–Crippen MR) is 146 cm³/mol. The molecule has 0 amide bonds. The van der Waals surface area contributed by atoms with Crippen LogP contribution in [0, 0.1) is 0 Å². The van der Waals surface area contributed by atoms with Crippen LogP contribution in [-0.2, 0) is 70.9 Å². The van der Waals surface area contributed by atoms with E-state index in [9.17, 15) is 0 Å². The van der Waals surface area contributed by atoms with Gasteiger partial charge < -0.3 is 37.0 Å². The fraction of sp³-hybridized carbons (Fsp3) is 0.429. The molecule has 0 bridgehead atoms. The molecule has 0 fully saturated rings. The zero-order chi connectivity index (χ0) is 25.1. The van der Waals surface area contributed by atoms with Gasteiger partial charge in [-0.05, 0) is 77.2 Å². The number of aromatic nitrogens is 8. The molecule has 0 aliphatic carbocycles. The van der Waals surface area contributed by atoms with Crippen molar-refractivity contribution in [3.8, 4) is 22.7 Å². The molecule has 0 saturated carbocycles. The van der Waals surface area contributed by atoms with Gasteiger partial charge in [0, 0.05) is 44.8 Å². The number of nitrogens with zero attached hydrogens (tertiary/aromatic N) is 8. The van der Waals surface area contributed by atoms with Crippen LogP contribution >= 0.6 is 0 Å². The second kappa shape index (κ2) is 13.7. The molecule has 0 aromatic rings. The molecule has 38 heavy (non-hydrogen) atoms. The predicted octanol–water partition coefficient (Wildman–Crippen LogP) is 6.25. The molecule has 0 unspecified atom stereocenters. The molecular formula is C28H40Au2N8-4. The zero-order valence-electron chi connectivity index (χ0n) is 22.8. The van der Waals surface area contributed by atoms with E-state index in [1.54, 1.807) is 0 Å². The Morgan fingerprint density at radius 1 is 0.421 bits per heavy atom.